The number of hydrogen-bond donors (Lipinski definition) is 0. The third-order valence-electron chi connectivity index (χ3n) is 6.13. The van der Waals surface area contributed by atoms with E-state index in [-0.39, 0.29) is 23.7 Å². The van der Waals surface area contributed by atoms with Crippen molar-refractivity contribution in [3.8, 4) is 0 Å². The fourth-order valence-electron chi connectivity index (χ4n) is 5.29. The fraction of sp³-hybridized carbons (Fsp3) is 0.474. The highest BCUT2D eigenvalue weighted by Crippen LogP contribution is 2.65. The van der Waals surface area contributed by atoms with Gasteiger partial charge in [-0.1, -0.05) is 18.2 Å². The number of nitrogens with zero attached hydrogens (tertiary/aromatic N) is 1. The van der Waals surface area contributed by atoms with Crippen LogP contribution in [-0.2, 0) is 9.59 Å². The van der Waals surface area contributed by atoms with E-state index < -0.39 is 0 Å². The van der Waals surface area contributed by atoms with Crippen LogP contribution in [0.2, 0.25) is 0 Å². The third-order valence-corrected chi connectivity index (χ3v) is 6.13. The first-order chi connectivity index (χ1) is 10.6. The molecule has 0 spiro atoms. The molecule has 22 heavy (non-hydrogen) atoms. The molecule has 6 atom stereocenters. The van der Waals surface area contributed by atoms with Gasteiger partial charge in [-0.15, -0.1) is 0 Å². The maximum atomic E-state index is 13.0. The normalized spacial score (nSPS) is 40.9. The van der Waals surface area contributed by atoms with Crippen molar-refractivity contribution in [2.75, 3.05) is 4.90 Å². The van der Waals surface area contributed by atoms with Crippen LogP contribution in [0.25, 0.3) is 0 Å². The Hall–Kier alpha value is -1.90. The maximum absolute atomic E-state index is 13.0. The van der Waals surface area contributed by atoms with E-state index in [1.54, 1.807) is 0 Å². The van der Waals surface area contributed by atoms with E-state index in [9.17, 15) is 9.59 Å². The van der Waals surface area contributed by atoms with Crippen molar-refractivity contribution < 1.29 is 9.59 Å². The summed E-state index contributed by atoms with van der Waals surface area (Å²) in [7, 11) is 0. The highest BCUT2D eigenvalue weighted by molar-refractivity contribution is 6.22. The monoisotopic (exact) mass is 293 g/mol. The van der Waals surface area contributed by atoms with Crippen molar-refractivity contribution in [3.63, 3.8) is 0 Å². The zero-order valence-corrected chi connectivity index (χ0v) is 12.8. The lowest BCUT2D eigenvalue weighted by molar-refractivity contribution is -0.124. The van der Waals surface area contributed by atoms with Gasteiger partial charge in [0, 0.05) is 0 Å². The lowest BCUT2D eigenvalue weighted by atomic mass is 9.63. The summed E-state index contributed by atoms with van der Waals surface area (Å²) in [5.74, 6) is 1.77. The average Bonchev–Trinajstić information content (AvgIpc) is 3.23. The van der Waals surface area contributed by atoms with Gasteiger partial charge in [0.1, 0.15) is 0 Å². The largest absolute Gasteiger partial charge is 0.274 e. The second-order valence-corrected chi connectivity index (χ2v) is 7.51. The third kappa shape index (κ3) is 1.42. The van der Waals surface area contributed by atoms with Gasteiger partial charge in [0.25, 0.3) is 0 Å². The lowest BCUT2D eigenvalue weighted by Crippen LogP contribution is -2.40. The minimum absolute atomic E-state index is 0.0321. The van der Waals surface area contributed by atoms with Gasteiger partial charge in [-0.05, 0) is 67.2 Å². The van der Waals surface area contributed by atoms with Gasteiger partial charge in [-0.2, -0.15) is 0 Å². The summed E-state index contributed by atoms with van der Waals surface area (Å²) < 4.78 is 0. The standard InChI is InChI=1S/C19H19NO2/c1-9-5-10(2)7-11(6-9)20-18(21)16-12-3-4-13(15-8-14(12)15)17(16)19(20)22/h3-7,12-17H,8H2,1-2H3/t12-,13-,14-,15+,16-,17+/m0/s1. The molecule has 2 saturated carbocycles. The first-order valence-electron chi connectivity index (χ1n) is 8.20. The number of aryl methyl sites for hydroxylation is 2. The molecule has 3 nitrogen and oxygen atoms in total. The van der Waals surface area contributed by atoms with Gasteiger partial charge < -0.3 is 0 Å². The summed E-state index contributed by atoms with van der Waals surface area (Å²) in [5, 5.41) is 0. The number of rotatable bonds is 1. The lowest BCUT2D eigenvalue weighted by Gasteiger charge is -2.37. The molecule has 0 radical (unpaired) electrons. The molecule has 1 saturated heterocycles. The number of anilines is 1. The number of allylic oxidation sites excluding steroid dienone is 2. The summed E-state index contributed by atoms with van der Waals surface area (Å²) in [6, 6.07) is 5.98. The molecule has 0 N–H and O–H groups in total. The van der Waals surface area contributed by atoms with E-state index in [0.717, 1.165) is 16.8 Å². The zero-order chi connectivity index (χ0) is 15.2. The number of benzene rings is 1. The second-order valence-electron chi connectivity index (χ2n) is 7.51. The average molecular weight is 293 g/mol. The van der Waals surface area contributed by atoms with Crippen LogP contribution in [0.5, 0.6) is 0 Å². The van der Waals surface area contributed by atoms with E-state index >= 15 is 0 Å². The molecule has 0 unspecified atom stereocenters. The molecule has 6 rings (SSSR count). The molecule has 4 aliphatic carbocycles. The van der Waals surface area contributed by atoms with Crippen LogP contribution >= 0.6 is 0 Å². The van der Waals surface area contributed by atoms with Crippen LogP contribution in [0.15, 0.2) is 30.4 Å². The van der Waals surface area contributed by atoms with Gasteiger partial charge in [-0.25, -0.2) is 4.90 Å². The van der Waals surface area contributed by atoms with Gasteiger partial charge in [0.05, 0.1) is 17.5 Å². The highest BCUT2D eigenvalue weighted by atomic mass is 16.2. The second kappa shape index (κ2) is 3.89. The van der Waals surface area contributed by atoms with Crippen LogP contribution in [0.4, 0.5) is 5.69 Å². The Morgan fingerprint density at radius 3 is 1.86 bits per heavy atom. The molecule has 0 aromatic heterocycles. The Labute approximate surface area is 130 Å². The molecule has 2 amide bonds. The minimum atomic E-state index is -0.105. The zero-order valence-electron chi connectivity index (χ0n) is 12.8. The molecule has 5 aliphatic rings. The SMILES string of the molecule is Cc1cc(C)cc(N2C(=O)[C@@H]3[C@H]4C=C[C@@H]([C@@H]5C[C@H]45)[C@@H]3C2=O)c1. The fourth-order valence-corrected chi connectivity index (χ4v) is 5.29. The summed E-state index contributed by atoms with van der Waals surface area (Å²) in [4.78, 5) is 27.5. The Balaban J connectivity index is 1.60. The topological polar surface area (TPSA) is 37.4 Å². The number of amides is 2. The van der Waals surface area contributed by atoms with E-state index in [1.165, 1.54) is 11.3 Å². The molecule has 112 valence electrons. The molecule has 3 fully saturated rings. The first-order valence-corrected chi connectivity index (χ1v) is 8.20. The number of hydrogen-bond acceptors (Lipinski definition) is 2. The molecule has 1 heterocycles. The van der Waals surface area contributed by atoms with Crippen molar-refractivity contribution >= 4 is 17.5 Å². The summed E-state index contributed by atoms with van der Waals surface area (Å²) in [6.45, 7) is 4.02. The highest BCUT2D eigenvalue weighted by Gasteiger charge is 2.67. The van der Waals surface area contributed by atoms with Crippen molar-refractivity contribution in [1.29, 1.82) is 0 Å². The molecule has 2 bridgehead atoms. The number of carbonyl (C=O) groups is 2. The van der Waals surface area contributed by atoms with Crippen LogP contribution in [0, 0.1) is 49.4 Å². The number of carbonyl (C=O) groups excluding carboxylic acids is 2. The Bertz CT molecular complexity index is 694. The quantitative estimate of drug-likeness (QED) is 0.590. The Morgan fingerprint density at radius 1 is 0.864 bits per heavy atom. The number of imide groups is 1. The van der Waals surface area contributed by atoms with E-state index in [4.69, 9.17) is 0 Å². The summed E-state index contributed by atoms with van der Waals surface area (Å²) in [6.07, 6.45) is 5.64. The minimum Gasteiger partial charge on any atom is -0.274 e. The van der Waals surface area contributed by atoms with Gasteiger partial charge >= 0.3 is 0 Å². The predicted molar refractivity (Wildman–Crippen MR) is 83.1 cm³/mol. The van der Waals surface area contributed by atoms with E-state index in [2.05, 4.69) is 18.2 Å². The van der Waals surface area contributed by atoms with Gasteiger partial charge in [0.2, 0.25) is 11.8 Å². The van der Waals surface area contributed by atoms with E-state index in [0.29, 0.717) is 23.7 Å². The van der Waals surface area contributed by atoms with Crippen LogP contribution in [0.1, 0.15) is 17.5 Å². The molecule has 1 aromatic carbocycles. The van der Waals surface area contributed by atoms with Crippen LogP contribution in [-0.4, -0.2) is 11.8 Å². The Morgan fingerprint density at radius 2 is 1.36 bits per heavy atom. The molecule has 3 heteroatoms. The van der Waals surface area contributed by atoms with Crippen LogP contribution < -0.4 is 4.90 Å². The first kappa shape index (κ1) is 12.6. The van der Waals surface area contributed by atoms with Crippen molar-refractivity contribution in [2.45, 2.75) is 20.3 Å². The van der Waals surface area contributed by atoms with Crippen molar-refractivity contribution in [2.24, 2.45) is 35.5 Å². The van der Waals surface area contributed by atoms with Crippen LogP contribution in [0.3, 0.4) is 0 Å². The molecule has 1 aliphatic heterocycles. The smallest absolute Gasteiger partial charge is 0.238 e. The van der Waals surface area contributed by atoms with Crippen molar-refractivity contribution in [1.82, 2.24) is 0 Å². The summed E-state index contributed by atoms with van der Waals surface area (Å²) in [5.41, 5.74) is 2.94. The van der Waals surface area contributed by atoms with Crippen molar-refractivity contribution in [3.05, 3.63) is 41.5 Å². The molecular weight excluding hydrogens is 274 g/mol. The van der Waals surface area contributed by atoms with Gasteiger partial charge in [0.15, 0.2) is 0 Å². The van der Waals surface area contributed by atoms with Gasteiger partial charge in [-0.3, -0.25) is 9.59 Å². The molecule has 1 aromatic rings. The molecular formula is C19H19NO2. The summed E-state index contributed by atoms with van der Waals surface area (Å²) >= 11 is 0. The Kier molecular flexibility index (Phi) is 2.23. The van der Waals surface area contributed by atoms with E-state index in [1.807, 2.05) is 26.0 Å². The predicted octanol–water partition coefficient (Wildman–Crippen LogP) is 2.86. The maximum Gasteiger partial charge on any atom is 0.238 e.